The Bertz CT molecular complexity index is 301. The van der Waals surface area contributed by atoms with Crippen molar-refractivity contribution < 1.29 is 19.5 Å². The molecule has 3 amide bonds. The molecule has 1 saturated carbocycles. The summed E-state index contributed by atoms with van der Waals surface area (Å²) >= 11 is 0. The number of carboxylic acids is 1. The topological polar surface area (TPSA) is 108 Å². The number of urea groups is 1. The molecule has 0 aliphatic heterocycles. The van der Waals surface area contributed by atoms with Crippen LogP contribution in [0.15, 0.2) is 0 Å². The standard InChI is InChI=1S/C9H15N3O4/c1-5(8(15)12-6-2-3-6)11-9(16)10-4-7(13)14/h5-6H,2-4H2,1H3,(H,12,15)(H,13,14)(H2,10,11,16). The quantitative estimate of drug-likeness (QED) is 0.487. The van der Waals surface area contributed by atoms with Gasteiger partial charge in [0.15, 0.2) is 0 Å². The van der Waals surface area contributed by atoms with Crippen molar-refractivity contribution in [3.8, 4) is 0 Å². The van der Waals surface area contributed by atoms with E-state index in [1.807, 2.05) is 0 Å². The SMILES string of the molecule is CC(NC(=O)NCC(=O)O)C(=O)NC1CC1. The van der Waals surface area contributed by atoms with Gasteiger partial charge >= 0.3 is 12.0 Å². The smallest absolute Gasteiger partial charge is 0.323 e. The van der Waals surface area contributed by atoms with Crippen molar-refractivity contribution in [3.05, 3.63) is 0 Å². The van der Waals surface area contributed by atoms with Crippen LogP contribution in [0.2, 0.25) is 0 Å². The third kappa shape index (κ3) is 4.63. The summed E-state index contributed by atoms with van der Waals surface area (Å²) in [7, 11) is 0. The van der Waals surface area contributed by atoms with Crippen molar-refractivity contribution in [3.63, 3.8) is 0 Å². The molecular weight excluding hydrogens is 214 g/mol. The molecule has 90 valence electrons. The first-order valence-corrected chi connectivity index (χ1v) is 5.05. The van der Waals surface area contributed by atoms with Crippen molar-refractivity contribution in [1.82, 2.24) is 16.0 Å². The maximum atomic E-state index is 11.4. The Labute approximate surface area is 92.6 Å². The maximum absolute atomic E-state index is 11.4. The number of carbonyl (C=O) groups excluding carboxylic acids is 2. The fraction of sp³-hybridized carbons (Fsp3) is 0.667. The molecule has 1 unspecified atom stereocenters. The van der Waals surface area contributed by atoms with E-state index >= 15 is 0 Å². The van der Waals surface area contributed by atoms with Crippen LogP contribution in [0.1, 0.15) is 19.8 Å². The molecule has 1 atom stereocenters. The van der Waals surface area contributed by atoms with Gasteiger partial charge in [0.2, 0.25) is 5.91 Å². The van der Waals surface area contributed by atoms with Gasteiger partial charge < -0.3 is 21.1 Å². The van der Waals surface area contributed by atoms with Crippen LogP contribution in [-0.2, 0) is 9.59 Å². The molecule has 7 heteroatoms. The zero-order chi connectivity index (χ0) is 12.1. The van der Waals surface area contributed by atoms with Crippen molar-refractivity contribution in [2.24, 2.45) is 0 Å². The van der Waals surface area contributed by atoms with Crippen molar-refractivity contribution in [2.45, 2.75) is 31.8 Å². The van der Waals surface area contributed by atoms with Crippen molar-refractivity contribution in [2.75, 3.05) is 6.54 Å². The Kier molecular flexibility index (Phi) is 4.10. The van der Waals surface area contributed by atoms with Gasteiger partial charge in [0.1, 0.15) is 12.6 Å². The summed E-state index contributed by atoms with van der Waals surface area (Å²) in [4.78, 5) is 32.7. The Morgan fingerprint density at radius 1 is 1.38 bits per heavy atom. The van der Waals surface area contributed by atoms with E-state index in [4.69, 9.17) is 5.11 Å². The molecule has 7 nitrogen and oxygen atoms in total. The number of carboxylic acid groups (broad SMARTS) is 1. The molecule has 16 heavy (non-hydrogen) atoms. The minimum absolute atomic E-state index is 0.235. The van der Waals surface area contributed by atoms with Gasteiger partial charge in [-0.25, -0.2) is 4.79 Å². The van der Waals surface area contributed by atoms with Gasteiger partial charge in [-0.2, -0.15) is 0 Å². The second kappa shape index (κ2) is 5.34. The number of amides is 3. The van der Waals surface area contributed by atoms with E-state index in [2.05, 4.69) is 16.0 Å². The second-order valence-corrected chi connectivity index (χ2v) is 3.73. The van der Waals surface area contributed by atoms with Crippen LogP contribution in [0.25, 0.3) is 0 Å². The molecule has 1 rings (SSSR count). The fourth-order valence-corrected chi connectivity index (χ4v) is 1.02. The third-order valence-electron chi connectivity index (χ3n) is 2.06. The summed E-state index contributed by atoms with van der Waals surface area (Å²) in [5, 5.41) is 15.5. The predicted molar refractivity (Wildman–Crippen MR) is 54.8 cm³/mol. The normalized spacial score (nSPS) is 16.1. The predicted octanol–water partition coefficient (Wildman–Crippen LogP) is -0.963. The lowest BCUT2D eigenvalue weighted by molar-refractivity contribution is -0.135. The highest BCUT2D eigenvalue weighted by molar-refractivity contribution is 5.88. The summed E-state index contributed by atoms with van der Waals surface area (Å²) in [6, 6.07) is -1.10. The van der Waals surface area contributed by atoms with E-state index in [1.165, 1.54) is 6.92 Å². The fourth-order valence-electron chi connectivity index (χ4n) is 1.02. The lowest BCUT2D eigenvalue weighted by Crippen LogP contribution is -2.49. The zero-order valence-electron chi connectivity index (χ0n) is 8.95. The van der Waals surface area contributed by atoms with Crippen molar-refractivity contribution >= 4 is 17.9 Å². The molecule has 0 radical (unpaired) electrons. The van der Waals surface area contributed by atoms with E-state index in [-0.39, 0.29) is 11.9 Å². The summed E-state index contributed by atoms with van der Waals surface area (Å²) in [5.41, 5.74) is 0. The summed E-state index contributed by atoms with van der Waals surface area (Å²) in [6.07, 6.45) is 1.95. The van der Waals surface area contributed by atoms with Crippen LogP contribution in [0.4, 0.5) is 4.79 Å². The maximum Gasteiger partial charge on any atom is 0.323 e. The molecule has 1 aliphatic carbocycles. The molecule has 1 aliphatic rings. The Hall–Kier alpha value is -1.79. The molecule has 0 heterocycles. The van der Waals surface area contributed by atoms with Crippen LogP contribution in [0, 0.1) is 0 Å². The van der Waals surface area contributed by atoms with Gasteiger partial charge in [-0.3, -0.25) is 9.59 Å². The summed E-state index contributed by atoms with van der Waals surface area (Å²) in [6.45, 7) is 1.07. The van der Waals surface area contributed by atoms with Gasteiger partial charge in [-0.15, -0.1) is 0 Å². The van der Waals surface area contributed by atoms with Gasteiger partial charge in [0.25, 0.3) is 0 Å². The Morgan fingerprint density at radius 2 is 2.00 bits per heavy atom. The Balaban J connectivity index is 2.20. The van der Waals surface area contributed by atoms with Crippen LogP contribution in [0.3, 0.4) is 0 Å². The van der Waals surface area contributed by atoms with Crippen LogP contribution < -0.4 is 16.0 Å². The van der Waals surface area contributed by atoms with Gasteiger partial charge in [-0.1, -0.05) is 0 Å². The van der Waals surface area contributed by atoms with Crippen LogP contribution >= 0.6 is 0 Å². The number of aliphatic carboxylic acids is 1. The number of nitrogens with one attached hydrogen (secondary N) is 3. The van der Waals surface area contributed by atoms with E-state index in [9.17, 15) is 14.4 Å². The van der Waals surface area contributed by atoms with Gasteiger partial charge in [0, 0.05) is 6.04 Å². The first kappa shape index (κ1) is 12.3. The number of rotatable bonds is 5. The van der Waals surface area contributed by atoms with E-state index in [1.54, 1.807) is 0 Å². The number of hydrogen-bond donors (Lipinski definition) is 4. The highest BCUT2D eigenvalue weighted by Gasteiger charge is 2.26. The molecule has 0 aromatic carbocycles. The molecule has 0 spiro atoms. The highest BCUT2D eigenvalue weighted by Crippen LogP contribution is 2.18. The van der Waals surface area contributed by atoms with Crippen LogP contribution in [-0.4, -0.2) is 41.6 Å². The zero-order valence-corrected chi connectivity index (χ0v) is 8.95. The summed E-state index contributed by atoms with van der Waals surface area (Å²) in [5.74, 6) is -1.39. The van der Waals surface area contributed by atoms with E-state index < -0.39 is 24.6 Å². The monoisotopic (exact) mass is 229 g/mol. The second-order valence-electron chi connectivity index (χ2n) is 3.73. The lowest BCUT2D eigenvalue weighted by Gasteiger charge is -2.13. The number of carbonyl (C=O) groups is 3. The molecule has 0 saturated heterocycles. The highest BCUT2D eigenvalue weighted by atomic mass is 16.4. The molecule has 0 aromatic heterocycles. The first-order valence-electron chi connectivity index (χ1n) is 5.05. The lowest BCUT2D eigenvalue weighted by atomic mass is 10.3. The first-order chi connectivity index (χ1) is 7.49. The van der Waals surface area contributed by atoms with Gasteiger partial charge in [-0.05, 0) is 19.8 Å². The Morgan fingerprint density at radius 3 is 2.50 bits per heavy atom. The van der Waals surface area contributed by atoms with E-state index in [0.717, 1.165) is 12.8 Å². The van der Waals surface area contributed by atoms with Gasteiger partial charge in [0.05, 0.1) is 0 Å². The molecule has 1 fully saturated rings. The van der Waals surface area contributed by atoms with Crippen molar-refractivity contribution in [1.29, 1.82) is 0 Å². The minimum Gasteiger partial charge on any atom is -0.480 e. The molecule has 0 aromatic rings. The summed E-state index contributed by atoms with van der Waals surface area (Å²) < 4.78 is 0. The minimum atomic E-state index is -1.13. The third-order valence-corrected chi connectivity index (χ3v) is 2.06. The molecule has 0 bridgehead atoms. The average molecular weight is 229 g/mol. The average Bonchev–Trinajstić information content (AvgIpc) is 2.98. The number of hydrogen-bond acceptors (Lipinski definition) is 3. The van der Waals surface area contributed by atoms with Crippen LogP contribution in [0.5, 0.6) is 0 Å². The molecule has 4 N–H and O–H groups in total. The molecular formula is C9H15N3O4. The van der Waals surface area contributed by atoms with E-state index in [0.29, 0.717) is 0 Å². The largest absolute Gasteiger partial charge is 0.480 e.